The molecule has 29 heavy (non-hydrogen) atoms. The van der Waals surface area contributed by atoms with E-state index in [1.165, 1.54) is 11.6 Å². The van der Waals surface area contributed by atoms with Gasteiger partial charge in [0.1, 0.15) is 0 Å². The minimum Gasteiger partial charge on any atom is -0.338 e. The second-order valence-corrected chi connectivity index (χ2v) is 7.69. The van der Waals surface area contributed by atoms with Gasteiger partial charge in [-0.2, -0.15) is 5.10 Å². The number of aromatic amines is 1. The van der Waals surface area contributed by atoms with Gasteiger partial charge in [-0.05, 0) is 38.3 Å². The van der Waals surface area contributed by atoms with Crippen molar-refractivity contribution in [3.63, 3.8) is 0 Å². The number of nitrogens with one attached hydrogen (secondary N) is 1. The molecule has 2 aromatic heterocycles. The number of likely N-dealkylation sites (tertiary alicyclic amines) is 1. The SMILES string of the molecule is CCn1ccc(C(=O)N2CCCC(c3[nH]ncc3-c3ccc(C)cc3)C2)cc1=O. The number of hydrogen-bond donors (Lipinski definition) is 1. The van der Waals surface area contributed by atoms with Crippen LogP contribution in [0, 0.1) is 6.92 Å². The first-order valence-electron chi connectivity index (χ1n) is 10.2. The molecule has 3 heterocycles. The summed E-state index contributed by atoms with van der Waals surface area (Å²) in [5, 5.41) is 7.45. The van der Waals surface area contributed by atoms with Gasteiger partial charge in [-0.25, -0.2) is 0 Å². The van der Waals surface area contributed by atoms with Crippen LogP contribution in [0.15, 0.2) is 53.6 Å². The second kappa shape index (κ2) is 8.07. The summed E-state index contributed by atoms with van der Waals surface area (Å²) in [4.78, 5) is 27.0. The molecular formula is C23H26N4O2. The number of aryl methyl sites for hydroxylation is 2. The molecule has 1 fully saturated rings. The predicted molar refractivity (Wildman–Crippen MR) is 113 cm³/mol. The van der Waals surface area contributed by atoms with Crippen LogP contribution in [0.1, 0.15) is 47.3 Å². The zero-order chi connectivity index (χ0) is 20.4. The topological polar surface area (TPSA) is 71.0 Å². The minimum atomic E-state index is -0.137. The van der Waals surface area contributed by atoms with Crippen LogP contribution in [0.25, 0.3) is 11.1 Å². The summed E-state index contributed by atoms with van der Waals surface area (Å²) in [5.74, 6) is 0.119. The first-order chi connectivity index (χ1) is 14.1. The molecule has 3 aromatic rings. The summed E-state index contributed by atoms with van der Waals surface area (Å²) in [6.45, 7) is 5.91. The molecule has 6 heteroatoms. The van der Waals surface area contributed by atoms with Gasteiger partial charge >= 0.3 is 0 Å². The summed E-state index contributed by atoms with van der Waals surface area (Å²) in [6, 6.07) is 11.6. The van der Waals surface area contributed by atoms with E-state index in [4.69, 9.17) is 0 Å². The van der Waals surface area contributed by atoms with Crippen LogP contribution in [0.5, 0.6) is 0 Å². The lowest BCUT2D eigenvalue weighted by Gasteiger charge is -2.33. The average Bonchev–Trinajstić information content (AvgIpc) is 3.24. The van der Waals surface area contributed by atoms with Gasteiger partial charge in [0.05, 0.1) is 6.20 Å². The number of H-pyrrole nitrogens is 1. The maximum atomic E-state index is 13.0. The van der Waals surface area contributed by atoms with Crippen molar-refractivity contribution in [1.29, 1.82) is 0 Å². The number of pyridine rings is 1. The lowest BCUT2D eigenvalue weighted by Crippen LogP contribution is -2.39. The number of carbonyl (C=O) groups is 1. The number of benzene rings is 1. The molecule has 0 bridgehead atoms. The highest BCUT2D eigenvalue weighted by Gasteiger charge is 2.28. The predicted octanol–water partition coefficient (Wildman–Crippen LogP) is 3.59. The molecule has 1 amide bonds. The minimum absolute atomic E-state index is 0.0774. The Balaban J connectivity index is 1.56. The molecule has 1 aromatic carbocycles. The highest BCUT2D eigenvalue weighted by molar-refractivity contribution is 5.94. The van der Waals surface area contributed by atoms with Crippen molar-refractivity contribution < 1.29 is 4.79 Å². The largest absolute Gasteiger partial charge is 0.338 e. The number of aromatic nitrogens is 3. The Morgan fingerprint density at radius 1 is 1.24 bits per heavy atom. The summed E-state index contributed by atoms with van der Waals surface area (Å²) < 4.78 is 1.59. The van der Waals surface area contributed by atoms with Crippen LogP contribution < -0.4 is 5.56 Å². The van der Waals surface area contributed by atoms with Gasteiger partial charge in [0.15, 0.2) is 0 Å². The zero-order valence-corrected chi connectivity index (χ0v) is 16.9. The molecule has 0 saturated carbocycles. The summed E-state index contributed by atoms with van der Waals surface area (Å²) in [7, 11) is 0. The Bertz CT molecular complexity index is 1060. The van der Waals surface area contributed by atoms with E-state index in [0.29, 0.717) is 25.2 Å². The van der Waals surface area contributed by atoms with E-state index in [2.05, 4.69) is 41.4 Å². The quantitative estimate of drug-likeness (QED) is 0.740. The Morgan fingerprint density at radius 3 is 2.76 bits per heavy atom. The van der Waals surface area contributed by atoms with E-state index in [0.717, 1.165) is 29.7 Å². The summed E-state index contributed by atoms with van der Waals surface area (Å²) >= 11 is 0. The second-order valence-electron chi connectivity index (χ2n) is 7.69. The van der Waals surface area contributed by atoms with E-state index in [-0.39, 0.29) is 17.4 Å². The van der Waals surface area contributed by atoms with Crippen molar-refractivity contribution in [2.75, 3.05) is 13.1 Å². The van der Waals surface area contributed by atoms with Gasteiger partial charge in [-0.15, -0.1) is 0 Å². The number of hydrogen-bond acceptors (Lipinski definition) is 3. The molecule has 0 aliphatic carbocycles. The smallest absolute Gasteiger partial charge is 0.254 e. The third-order valence-electron chi connectivity index (χ3n) is 5.73. The molecule has 1 saturated heterocycles. The first-order valence-corrected chi connectivity index (χ1v) is 10.2. The molecule has 1 atom stereocenters. The van der Waals surface area contributed by atoms with Gasteiger partial charge in [0.2, 0.25) is 0 Å². The third kappa shape index (κ3) is 3.88. The molecular weight excluding hydrogens is 364 g/mol. The Morgan fingerprint density at radius 2 is 2.03 bits per heavy atom. The van der Waals surface area contributed by atoms with Gasteiger partial charge in [0.25, 0.3) is 11.5 Å². The molecule has 1 N–H and O–H groups in total. The van der Waals surface area contributed by atoms with E-state index < -0.39 is 0 Å². The molecule has 1 aliphatic rings. The van der Waals surface area contributed by atoms with Gasteiger partial charge in [-0.3, -0.25) is 14.7 Å². The van der Waals surface area contributed by atoms with E-state index in [9.17, 15) is 9.59 Å². The molecule has 4 rings (SSSR count). The van der Waals surface area contributed by atoms with Gasteiger partial charge in [-0.1, -0.05) is 29.8 Å². The van der Waals surface area contributed by atoms with Crippen molar-refractivity contribution in [1.82, 2.24) is 19.7 Å². The Hall–Kier alpha value is -3.15. The van der Waals surface area contributed by atoms with Crippen LogP contribution in [-0.2, 0) is 6.54 Å². The van der Waals surface area contributed by atoms with Gasteiger partial charge < -0.3 is 9.47 Å². The lowest BCUT2D eigenvalue weighted by atomic mass is 9.90. The van der Waals surface area contributed by atoms with Crippen molar-refractivity contribution in [3.8, 4) is 11.1 Å². The fourth-order valence-electron chi connectivity index (χ4n) is 4.05. The van der Waals surface area contributed by atoms with Crippen LogP contribution >= 0.6 is 0 Å². The highest BCUT2D eigenvalue weighted by Crippen LogP contribution is 2.33. The molecule has 0 radical (unpaired) electrons. The number of nitrogens with zero attached hydrogens (tertiary/aromatic N) is 3. The third-order valence-corrected chi connectivity index (χ3v) is 5.73. The molecule has 0 spiro atoms. The normalized spacial score (nSPS) is 16.8. The number of rotatable bonds is 4. The van der Waals surface area contributed by atoms with E-state index >= 15 is 0 Å². The van der Waals surface area contributed by atoms with Crippen molar-refractivity contribution in [3.05, 3.63) is 76.0 Å². The van der Waals surface area contributed by atoms with Gasteiger partial charge in [0, 0.05) is 54.6 Å². The zero-order valence-electron chi connectivity index (χ0n) is 16.9. The standard InChI is InChI=1S/C23H26N4O2/c1-3-26-12-10-18(13-21(26)28)23(29)27-11-4-5-19(15-27)22-20(14-24-25-22)17-8-6-16(2)7-9-17/h6-10,12-14,19H,3-5,11,15H2,1-2H3,(H,24,25). The fourth-order valence-corrected chi connectivity index (χ4v) is 4.05. The van der Waals surface area contributed by atoms with Crippen molar-refractivity contribution in [2.24, 2.45) is 0 Å². The van der Waals surface area contributed by atoms with Crippen LogP contribution in [0.4, 0.5) is 0 Å². The molecule has 1 unspecified atom stereocenters. The van der Waals surface area contributed by atoms with Crippen LogP contribution in [0.2, 0.25) is 0 Å². The van der Waals surface area contributed by atoms with Crippen molar-refractivity contribution in [2.45, 2.75) is 39.2 Å². The summed E-state index contributed by atoms with van der Waals surface area (Å²) in [5.41, 5.74) is 4.85. The molecule has 6 nitrogen and oxygen atoms in total. The fraction of sp³-hybridized carbons (Fsp3) is 0.348. The number of amides is 1. The Kier molecular flexibility index (Phi) is 5.34. The number of piperidine rings is 1. The first kappa shape index (κ1) is 19.2. The lowest BCUT2D eigenvalue weighted by molar-refractivity contribution is 0.0705. The highest BCUT2D eigenvalue weighted by atomic mass is 16.2. The number of carbonyl (C=O) groups excluding carboxylic acids is 1. The maximum Gasteiger partial charge on any atom is 0.254 e. The maximum absolute atomic E-state index is 13.0. The monoisotopic (exact) mass is 390 g/mol. The van der Waals surface area contributed by atoms with E-state index in [1.54, 1.807) is 16.8 Å². The van der Waals surface area contributed by atoms with Crippen LogP contribution in [0.3, 0.4) is 0 Å². The van der Waals surface area contributed by atoms with Crippen molar-refractivity contribution >= 4 is 5.91 Å². The van der Waals surface area contributed by atoms with Crippen LogP contribution in [-0.4, -0.2) is 38.7 Å². The summed E-state index contributed by atoms with van der Waals surface area (Å²) in [6.07, 6.45) is 5.49. The average molecular weight is 390 g/mol. The van der Waals surface area contributed by atoms with E-state index in [1.807, 2.05) is 18.0 Å². The Labute approximate surface area is 170 Å². The molecule has 1 aliphatic heterocycles. The molecule has 150 valence electrons.